The molecule has 2 aromatic carbocycles. The van der Waals surface area contributed by atoms with Crippen molar-refractivity contribution in [2.24, 2.45) is 0 Å². The molecule has 6 nitrogen and oxygen atoms in total. The number of carbonyl (C=O) groups excluding carboxylic acids is 2. The quantitative estimate of drug-likeness (QED) is 0.588. The molecule has 1 saturated heterocycles. The van der Waals surface area contributed by atoms with Gasteiger partial charge in [0.2, 0.25) is 0 Å². The molecule has 0 bridgehead atoms. The van der Waals surface area contributed by atoms with Crippen LogP contribution in [-0.4, -0.2) is 40.5 Å². The molecule has 0 saturated carbocycles. The lowest BCUT2D eigenvalue weighted by Gasteiger charge is -2.34. The second kappa shape index (κ2) is 9.07. The number of fused-ring (bicyclic) bond motifs is 1. The van der Waals surface area contributed by atoms with Gasteiger partial charge >= 0.3 is 6.09 Å². The average molecular weight is 466 g/mol. The van der Waals surface area contributed by atoms with E-state index in [9.17, 15) is 9.59 Å². The maximum atomic E-state index is 13.1. The van der Waals surface area contributed by atoms with Gasteiger partial charge in [-0.3, -0.25) is 4.79 Å². The van der Waals surface area contributed by atoms with Crippen molar-refractivity contribution in [3.63, 3.8) is 0 Å². The second-order valence-electron chi connectivity index (χ2n) is 9.63. The van der Waals surface area contributed by atoms with E-state index in [1.807, 2.05) is 42.7 Å². The van der Waals surface area contributed by atoms with E-state index < -0.39 is 5.60 Å². The summed E-state index contributed by atoms with van der Waals surface area (Å²) in [6.45, 7) is 7.31. The predicted molar refractivity (Wildman–Crippen MR) is 126 cm³/mol. The summed E-state index contributed by atoms with van der Waals surface area (Å²) in [5.41, 5.74) is 3.78. The van der Waals surface area contributed by atoms with Gasteiger partial charge in [0, 0.05) is 30.2 Å². The number of nitriles is 1. The van der Waals surface area contributed by atoms with Crippen molar-refractivity contribution in [2.75, 3.05) is 13.1 Å². The van der Waals surface area contributed by atoms with Crippen LogP contribution < -0.4 is 0 Å². The number of halogens is 1. The fourth-order valence-electron chi connectivity index (χ4n) is 4.66. The largest absolute Gasteiger partial charge is 0.444 e. The minimum absolute atomic E-state index is 0.0667. The van der Waals surface area contributed by atoms with Crippen molar-refractivity contribution in [1.29, 1.82) is 5.26 Å². The molecule has 0 aliphatic carbocycles. The minimum Gasteiger partial charge on any atom is -0.444 e. The third-order valence-electron chi connectivity index (χ3n) is 6.12. The van der Waals surface area contributed by atoms with Gasteiger partial charge in [-0.1, -0.05) is 11.6 Å². The van der Waals surface area contributed by atoms with Crippen LogP contribution in [0.5, 0.6) is 0 Å². The number of benzene rings is 2. The molecular weight excluding hydrogens is 438 g/mol. The first-order chi connectivity index (χ1) is 15.7. The summed E-state index contributed by atoms with van der Waals surface area (Å²) in [7, 11) is 0. The van der Waals surface area contributed by atoms with Crippen molar-refractivity contribution in [2.45, 2.75) is 58.2 Å². The summed E-state index contributed by atoms with van der Waals surface area (Å²) in [4.78, 5) is 29.5. The zero-order valence-electron chi connectivity index (χ0n) is 19.2. The lowest BCUT2D eigenvalue weighted by molar-refractivity contribution is 0.0223. The fraction of sp³-hybridized carbons (Fsp3) is 0.423. The zero-order chi connectivity index (χ0) is 23.8. The van der Waals surface area contributed by atoms with Gasteiger partial charge in [-0.2, -0.15) is 5.26 Å². The molecular formula is C26H28ClN3O3. The topological polar surface area (TPSA) is 73.6 Å². The number of hydrogen-bond donors (Lipinski definition) is 0. The SMILES string of the molecule is CC(C)(C)OC(=O)N1CCCC1c1cc(Cl)cc2c1CCN(C(=O)c1ccc(C#N)cc1)C2. The van der Waals surface area contributed by atoms with Gasteiger partial charge in [0.25, 0.3) is 5.91 Å². The Morgan fingerprint density at radius 1 is 1.15 bits per heavy atom. The lowest BCUT2D eigenvalue weighted by atomic mass is 9.89. The summed E-state index contributed by atoms with van der Waals surface area (Å²) < 4.78 is 5.64. The standard InChI is InChI=1S/C26H28ClN3O3/c1-26(2,3)33-25(32)30-11-4-5-23(30)22-14-20(27)13-19-16-29(12-10-21(19)22)24(31)18-8-6-17(15-28)7-9-18/h6-9,13-14,23H,4-5,10-12,16H2,1-3H3. The van der Waals surface area contributed by atoms with E-state index in [0.717, 1.165) is 24.0 Å². The van der Waals surface area contributed by atoms with Gasteiger partial charge in [0.15, 0.2) is 0 Å². The van der Waals surface area contributed by atoms with Crippen LogP contribution in [0.15, 0.2) is 36.4 Å². The van der Waals surface area contributed by atoms with E-state index in [1.165, 1.54) is 5.56 Å². The number of rotatable bonds is 2. The highest BCUT2D eigenvalue weighted by Gasteiger charge is 2.36. The first-order valence-corrected chi connectivity index (χ1v) is 11.6. The van der Waals surface area contributed by atoms with Gasteiger partial charge in [0.05, 0.1) is 17.7 Å². The van der Waals surface area contributed by atoms with Gasteiger partial charge in [-0.05, 0) is 93.1 Å². The van der Waals surface area contributed by atoms with Crippen LogP contribution in [0.3, 0.4) is 0 Å². The molecule has 0 radical (unpaired) electrons. The monoisotopic (exact) mass is 465 g/mol. The van der Waals surface area contributed by atoms with E-state index in [2.05, 4.69) is 6.07 Å². The maximum absolute atomic E-state index is 13.1. The Balaban J connectivity index is 1.58. The van der Waals surface area contributed by atoms with E-state index in [1.54, 1.807) is 24.3 Å². The molecule has 0 aromatic heterocycles. The molecule has 0 N–H and O–H groups in total. The number of nitrogens with zero attached hydrogens (tertiary/aromatic N) is 3. The van der Waals surface area contributed by atoms with Crippen LogP contribution in [-0.2, 0) is 17.7 Å². The van der Waals surface area contributed by atoms with E-state index in [4.69, 9.17) is 21.6 Å². The summed E-state index contributed by atoms with van der Waals surface area (Å²) in [6, 6.07) is 12.6. The average Bonchev–Trinajstić information content (AvgIpc) is 3.26. The summed E-state index contributed by atoms with van der Waals surface area (Å²) >= 11 is 6.50. The van der Waals surface area contributed by atoms with Crippen molar-refractivity contribution in [1.82, 2.24) is 9.80 Å². The summed E-state index contributed by atoms with van der Waals surface area (Å²) in [5.74, 6) is -0.0667. The molecule has 4 rings (SSSR count). The van der Waals surface area contributed by atoms with Gasteiger partial charge in [0.1, 0.15) is 5.60 Å². The highest BCUT2D eigenvalue weighted by atomic mass is 35.5. The van der Waals surface area contributed by atoms with Crippen molar-refractivity contribution in [3.8, 4) is 6.07 Å². The second-order valence-corrected chi connectivity index (χ2v) is 10.1. The van der Waals surface area contributed by atoms with E-state index >= 15 is 0 Å². The Morgan fingerprint density at radius 2 is 1.88 bits per heavy atom. The molecule has 33 heavy (non-hydrogen) atoms. The molecule has 7 heteroatoms. The molecule has 1 fully saturated rings. The molecule has 172 valence electrons. The first-order valence-electron chi connectivity index (χ1n) is 11.3. The van der Waals surface area contributed by atoms with Gasteiger partial charge in [-0.15, -0.1) is 0 Å². The highest BCUT2D eigenvalue weighted by molar-refractivity contribution is 6.30. The Hall–Kier alpha value is -3.04. The summed E-state index contributed by atoms with van der Waals surface area (Å²) in [5, 5.41) is 9.59. The van der Waals surface area contributed by atoms with Crippen LogP contribution >= 0.6 is 11.6 Å². The Morgan fingerprint density at radius 3 is 2.55 bits per heavy atom. The number of carbonyl (C=O) groups is 2. The highest BCUT2D eigenvalue weighted by Crippen LogP contribution is 2.39. The van der Waals surface area contributed by atoms with Crippen LogP contribution in [0.2, 0.25) is 5.02 Å². The van der Waals surface area contributed by atoms with Crippen LogP contribution in [0, 0.1) is 11.3 Å². The van der Waals surface area contributed by atoms with Crippen molar-refractivity contribution < 1.29 is 14.3 Å². The Kier molecular flexibility index (Phi) is 6.36. The normalized spacial score (nSPS) is 18.0. The third kappa shape index (κ3) is 4.99. The number of hydrogen-bond acceptors (Lipinski definition) is 4. The fourth-order valence-corrected chi connectivity index (χ4v) is 4.91. The number of ether oxygens (including phenoxy) is 1. The van der Waals surface area contributed by atoms with Crippen LogP contribution in [0.25, 0.3) is 0 Å². The molecule has 1 unspecified atom stereocenters. The molecule has 1 atom stereocenters. The molecule has 2 heterocycles. The smallest absolute Gasteiger partial charge is 0.410 e. The number of amides is 2. The van der Waals surface area contributed by atoms with Gasteiger partial charge < -0.3 is 14.5 Å². The molecule has 2 aromatic rings. The maximum Gasteiger partial charge on any atom is 0.410 e. The lowest BCUT2D eigenvalue weighted by Crippen LogP contribution is -2.38. The predicted octanol–water partition coefficient (Wildman–Crippen LogP) is 5.48. The van der Waals surface area contributed by atoms with Crippen molar-refractivity contribution >= 4 is 23.6 Å². The van der Waals surface area contributed by atoms with E-state index in [-0.39, 0.29) is 18.0 Å². The molecule has 0 spiro atoms. The van der Waals surface area contributed by atoms with Gasteiger partial charge in [-0.25, -0.2) is 4.79 Å². The Bertz CT molecular complexity index is 1120. The molecule has 2 amide bonds. The molecule has 2 aliphatic rings. The molecule has 2 aliphatic heterocycles. The van der Waals surface area contributed by atoms with Crippen LogP contribution in [0.4, 0.5) is 4.79 Å². The van der Waals surface area contributed by atoms with E-state index in [0.29, 0.717) is 42.2 Å². The Labute approximate surface area is 199 Å². The van der Waals surface area contributed by atoms with Crippen LogP contribution in [0.1, 0.15) is 72.3 Å². The number of likely N-dealkylation sites (tertiary alicyclic amines) is 1. The zero-order valence-corrected chi connectivity index (χ0v) is 20.0. The minimum atomic E-state index is -0.551. The van der Waals surface area contributed by atoms with Crippen molar-refractivity contribution in [3.05, 3.63) is 69.2 Å². The third-order valence-corrected chi connectivity index (χ3v) is 6.34. The summed E-state index contributed by atoms with van der Waals surface area (Å²) in [6.07, 6.45) is 2.17. The first kappa shape index (κ1) is 23.1.